The summed E-state index contributed by atoms with van der Waals surface area (Å²) in [5.41, 5.74) is 1.40. The normalized spacial score (nSPS) is 19.3. The van der Waals surface area contributed by atoms with Gasteiger partial charge in [-0.05, 0) is 39.2 Å². The molecule has 1 atom stereocenters. The molecule has 2 rings (SSSR count). The fourth-order valence-corrected chi connectivity index (χ4v) is 3.51. The van der Waals surface area contributed by atoms with E-state index in [1.54, 1.807) is 0 Å². The third-order valence-electron chi connectivity index (χ3n) is 3.71. The smallest absolute Gasteiger partial charge is 0.113 e. The largest absolute Gasteiger partial charge is 0.308 e. The molecule has 0 saturated carbocycles. The number of aromatic nitrogens is 1. The van der Waals surface area contributed by atoms with Gasteiger partial charge in [0.1, 0.15) is 5.01 Å². The van der Waals surface area contributed by atoms with Crippen molar-refractivity contribution < 1.29 is 0 Å². The lowest BCUT2D eigenvalue weighted by Gasteiger charge is -2.31. The molecule has 1 N–H and O–H groups in total. The van der Waals surface area contributed by atoms with Gasteiger partial charge in [0.05, 0.1) is 11.2 Å². The number of hydrogen-bond acceptors (Lipinski definition) is 3. The van der Waals surface area contributed by atoms with Crippen molar-refractivity contribution in [1.29, 1.82) is 0 Å². The van der Waals surface area contributed by atoms with Gasteiger partial charge >= 0.3 is 0 Å². The molecule has 1 aromatic heterocycles. The van der Waals surface area contributed by atoms with E-state index in [0.717, 1.165) is 0 Å². The number of fused-ring (bicyclic) bond motifs is 1. The van der Waals surface area contributed by atoms with Crippen molar-refractivity contribution in [3.63, 3.8) is 0 Å². The molecule has 0 aromatic carbocycles. The lowest BCUT2D eigenvalue weighted by atomic mass is 9.89. The van der Waals surface area contributed by atoms with Crippen LogP contribution in [0.15, 0.2) is 0 Å². The second kappa shape index (κ2) is 3.87. The molecular weight excluding hydrogens is 204 g/mol. The predicted molar refractivity (Wildman–Crippen MR) is 65.4 cm³/mol. The topological polar surface area (TPSA) is 24.9 Å². The molecule has 0 amide bonds. The fraction of sp³-hybridized carbons (Fsp3) is 0.750. The summed E-state index contributed by atoms with van der Waals surface area (Å²) in [7, 11) is 2.03. The van der Waals surface area contributed by atoms with E-state index in [1.807, 2.05) is 18.4 Å². The average Bonchev–Trinajstić information content (AvgIpc) is 2.75. The minimum Gasteiger partial charge on any atom is -0.308 e. The van der Waals surface area contributed by atoms with Gasteiger partial charge in [-0.25, -0.2) is 4.98 Å². The van der Waals surface area contributed by atoms with Crippen LogP contribution >= 0.6 is 11.3 Å². The van der Waals surface area contributed by atoms with E-state index in [1.165, 1.54) is 34.8 Å². The minimum atomic E-state index is 0.0367. The van der Waals surface area contributed by atoms with Gasteiger partial charge < -0.3 is 5.32 Å². The summed E-state index contributed by atoms with van der Waals surface area (Å²) in [5.74, 6) is 0.564. The van der Waals surface area contributed by atoms with Crippen molar-refractivity contribution in [3.05, 3.63) is 15.6 Å². The first-order valence-corrected chi connectivity index (χ1v) is 6.57. The molecule has 0 bridgehead atoms. The molecule has 0 spiro atoms. The molecule has 2 nitrogen and oxygen atoms in total. The monoisotopic (exact) mass is 224 g/mol. The molecule has 1 unspecified atom stereocenters. The Bertz CT molecular complexity index is 335. The second-order valence-electron chi connectivity index (χ2n) is 4.85. The minimum absolute atomic E-state index is 0.0367. The summed E-state index contributed by atoms with van der Waals surface area (Å²) in [5, 5.41) is 4.70. The third kappa shape index (κ3) is 1.72. The second-order valence-corrected chi connectivity index (χ2v) is 5.93. The highest BCUT2D eigenvalue weighted by Crippen LogP contribution is 2.36. The first-order chi connectivity index (χ1) is 7.08. The first kappa shape index (κ1) is 11.1. The van der Waals surface area contributed by atoms with E-state index in [-0.39, 0.29) is 5.54 Å². The zero-order valence-corrected chi connectivity index (χ0v) is 10.9. The maximum absolute atomic E-state index is 4.81. The third-order valence-corrected chi connectivity index (χ3v) is 5.11. The molecule has 1 heterocycles. The van der Waals surface area contributed by atoms with Gasteiger partial charge in [-0.1, -0.05) is 13.8 Å². The van der Waals surface area contributed by atoms with Crippen LogP contribution in [-0.2, 0) is 18.4 Å². The molecule has 3 heteroatoms. The Balaban J connectivity index is 2.35. The summed E-state index contributed by atoms with van der Waals surface area (Å²) in [6.45, 7) is 6.76. The van der Waals surface area contributed by atoms with Crippen LogP contribution in [0.25, 0.3) is 0 Å². The van der Waals surface area contributed by atoms with E-state index in [0.29, 0.717) is 5.92 Å². The number of thiazole rings is 1. The van der Waals surface area contributed by atoms with Gasteiger partial charge in [0.15, 0.2) is 0 Å². The van der Waals surface area contributed by atoms with Gasteiger partial charge in [-0.15, -0.1) is 11.3 Å². The van der Waals surface area contributed by atoms with Crippen molar-refractivity contribution in [1.82, 2.24) is 10.3 Å². The van der Waals surface area contributed by atoms with Crippen LogP contribution in [-0.4, -0.2) is 12.0 Å². The molecule has 15 heavy (non-hydrogen) atoms. The van der Waals surface area contributed by atoms with Crippen LogP contribution in [0.3, 0.4) is 0 Å². The van der Waals surface area contributed by atoms with Gasteiger partial charge in [-0.3, -0.25) is 0 Å². The summed E-state index contributed by atoms with van der Waals surface area (Å²) >= 11 is 1.91. The summed E-state index contributed by atoms with van der Waals surface area (Å²) in [6.07, 6.45) is 3.72. The highest BCUT2D eigenvalue weighted by atomic mass is 32.1. The Hall–Kier alpha value is -0.410. The van der Waals surface area contributed by atoms with Crippen molar-refractivity contribution >= 4 is 11.3 Å². The van der Waals surface area contributed by atoms with Crippen LogP contribution in [0.1, 0.15) is 42.8 Å². The van der Waals surface area contributed by atoms with E-state index < -0.39 is 0 Å². The van der Waals surface area contributed by atoms with Gasteiger partial charge in [0.2, 0.25) is 0 Å². The summed E-state index contributed by atoms with van der Waals surface area (Å²) in [4.78, 5) is 6.33. The Kier molecular flexibility index (Phi) is 2.86. The standard InChI is InChI=1S/C12H20N2S/c1-8(2)12(3,13-4)11-14-9-6-5-7-10(9)15-11/h8,13H,5-7H2,1-4H3. The highest BCUT2D eigenvalue weighted by Gasteiger charge is 2.33. The van der Waals surface area contributed by atoms with Crippen LogP contribution in [0.4, 0.5) is 0 Å². The quantitative estimate of drug-likeness (QED) is 0.854. The average molecular weight is 224 g/mol. The first-order valence-electron chi connectivity index (χ1n) is 5.76. The van der Waals surface area contributed by atoms with Crippen LogP contribution in [0.5, 0.6) is 0 Å². The maximum atomic E-state index is 4.81. The highest BCUT2D eigenvalue weighted by molar-refractivity contribution is 7.12. The van der Waals surface area contributed by atoms with E-state index in [9.17, 15) is 0 Å². The summed E-state index contributed by atoms with van der Waals surface area (Å²) < 4.78 is 0. The molecule has 1 aliphatic rings. The molecular formula is C12H20N2S. The van der Waals surface area contributed by atoms with E-state index in [2.05, 4.69) is 26.1 Å². The lowest BCUT2D eigenvalue weighted by molar-refractivity contribution is 0.285. The van der Waals surface area contributed by atoms with Crippen molar-refractivity contribution in [2.45, 2.75) is 45.6 Å². The maximum Gasteiger partial charge on any atom is 0.113 e. The Morgan fingerprint density at radius 2 is 2.13 bits per heavy atom. The van der Waals surface area contributed by atoms with Crippen molar-refractivity contribution in [2.24, 2.45) is 5.92 Å². The number of hydrogen-bond donors (Lipinski definition) is 1. The van der Waals surface area contributed by atoms with Gasteiger partial charge in [0, 0.05) is 4.88 Å². The Morgan fingerprint density at radius 1 is 1.40 bits per heavy atom. The molecule has 0 aliphatic heterocycles. The van der Waals surface area contributed by atoms with Crippen LogP contribution in [0, 0.1) is 5.92 Å². The number of rotatable bonds is 3. The zero-order chi connectivity index (χ0) is 11.1. The Labute approximate surface area is 96.1 Å². The van der Waals surface area contributed by atoms with Crippen LogP contribution in [0.2, 0.25) is 0 Å². The SMILES string of the molecule is CNC(C)(c1nc2c(s1)CCC2)C(C)C. The predicted octanol–water partition coefficient (Wildman–Crippen LogP) is 2.72. The van der Waals surface area contributed by atoms with Gasteiger partial charge in [0.25, 0.3) is 0 Å². The van der Waals surface area contributed by atoms with Crippen molar-refractivity contribution in [2.75, 3.05) is 7.05 Å². The molecule has 0 radical (unpaired) electrons. The Morgan fingerprint density at radius 3 is 2.67 bits per heavy atom. The number of nitrogens with one attached hydrogen (secondary N) is 1. The molecule has 84 valence electrons. The van der Waals surface area contributed by atoms with Crippen molar-refractivity contribution in [3.8, 4) is 0 Å². The zero-order valence-electron chi connectivity index (χ0n) is 10.1. The van der Waals surface area contributed by atoms with E-state index in [4.69, 9.17) is 4.98 Å². The fourth-order valence-electron chi connectivity index (χ4n) is 2.06. The lowest BCUT2D eigenvalue weighted by Crippen LogP contribution is -2.41. The van der Waals surface area contributed by atoms with Crippen LogP contribution < -0.4 is 5.32 Å². The van der Waals surface area contributed by atoms with Gasteiger partial charge in [-0.2, -0.15) is 0 Å². The number of nitrogens with zero attached hydrogens (tertiary/aromatic N) is 1. The molecule has 0 fully saturated rings. The molecule has 1 aliphatic carbocycles. The number of aryl methyl sites for hydroxylation is 2. The molecule has 1 aromatic rings. The molecule has 0 saturated heterocycles. The van der Waals surface area contributed by atoms with E-state index >= 15 is 0 Å². The summed E-state index contributed by atoms with van der Waals surface area (Å²) in [6, 6.07) is 0.